The first-order chi connectivity index (χ1) is 27.5. The number of hydrogen-bond donors (Lipinski definition) is 13. The van der Waals surface area contributed by atoms with E-state index >= 15 is 0 Å². The van der Waals surface area contributed by atoms with Crippen LogP contribution in [0.15, 0.2) is 35.3 Å². The van der Waals surface area contributed by atoms with Crippen molar-refractivity contribution in [1.29, 1.82) is 0 Å². The lowest BCUT2D eigenvalue weighted by atomic mass is 9.99. The van der Waals surface area contributed by atoms with Gasteiger partial charge in [-0.3, -0.25) is 33.8 Å². The van der Waals surface area contributed by atoms with E-state index in [9.17, 15) is 38.7 Å². The van der Waals surface area contributed by atoms with Gasteiger partial charge in [0, 0.05) is 18.7 Å². The average molecular weight is 837 g/mol. The van der Waals surface area contributed by atoms with Crippen molar-refractivity contribution in [2.45, 2.75) is 108 Å². The van der Waals surface area contributed by atoms with Crippen molar-refractivity contribution < 1.29 is 38.7 Å². The third-order valence-corrected chi connectivity index (χ3v) is 9.25. The Kier molecular flexibility index (Phi) is 25.0. The maximum atomic E-state index is 14.0. The first-order valence-electron chi connectivity index (χ1n) is 19.4. The van der Waals surface area contributed by atoms with E-state index < -0.39 is 90.1 Å². The zero-order valence-electron chi connectivity index (χ0n) is 33.4. The van der Waals surface area contributed by atoms with Gasteiger partial charge in [0.05, 0.1) is 12.6 Å². The molecule has 0 unspecified atom stereocenters. The summed E-state index contributed by atoms with van der Waals surface area (Å²) in [6.45, 7) is 3.69. The van der Waals surface area contributed by atoms with Crippen LogP contribution in [0.2, 0.25) is 0 Å². The minimum atomic E-state index is -1.29. The number of guanidine groups is 1. The number of carboxylic acid groups (broad SMARTS) is 1. The molecule has 17 N–H and O–H groups in total. The lowest BCUT2D eigenvalue weighted by Gasteiger charge is -2.28. The second kappa shape index (κ2) is 28.4. The summed E-state index contributed by atoms with van der Waals surface area (Å²) in [5, 5.41) is 25.4. The standard InChI is InChI=1S/C37H64N12O8S/c1-22(2)30(35(55)47-27(36(56)57)15-10-18-43-37(41)42)49-34(54)28(19-23-11-4-3-5-12-23)48-33(53)26(14-7-9-17-39)46-32(52)25(13-6-8-16-38)45-29(50)20-44-31(51)24(40)21-58/h3-5,11-12,22,24-28,30,58H,6-10,13-21,38-40H2,1-2H3,(H,44,51)(H,45,50)(H,46,52)(H,47,55)(H,48,53)(H,49,54)(H,56,57)(H4,41,42,43)/t24-,25-,26-,27-,28-,30-/m0/s1. The number of amides is 6. The number of carbonyl (C=O) groups is 7. The lowest BCUT2D eigenvalue weighted by molar-refractivity contribution is -0.142. The van der Waals surface area contributed by atoms with Gasteiger partial charge < -0.3 is 65.7 Å². The fourth-order valence-electron chi connectivity index (χ4n) is 5.56. The van der Waals surface area contributed by atoms with Crippen molar-refractivity contribution in [3.63, 3.8) is 0 Å². The Morgan fingerprint density at radius 2 is 1.21 bits per heavy atom. The van der Waals surface area contributed by atoms with Crippen molar-refractivity contribution in [2.24, 2.45) is 39.6 Å². The predicted molar refractivity (Wildman–Crippen MR) is 223 cm³/mol. The summed E-state index contributed by atoms with van der Waals surface area (Å²) < 4.78 is 0. The third-order valence-electron chi connectivity index (χ3n) is 8.86. The molecule has 0 aliphatic carbocycles. The van der Waals surface area contributed by atoms with Crippen LogP contribution in [-0.2, 0) is 40.0 Å². The minimum absolute atomic E-state index is 0.00275. The van der Waals surface area contributed by atoms with Gasteiger partial charge in [-0.15, -0.1) is 0 Å². The molecule has 58 heavy (non-hydrogen) atoms. The van der Waals surface area contributed by atoms with Gasteiger partial charge in [-0.05, 0) is 75.9 Å². The quantitative estimate of drug-likeness (QED) is 0.0167. The molecule has 0 saturated carbocycles. The van der Waals surface area contributed by atoms with Crippen molar-refractivity contribution in [3.05, 3.63) is 35.9 Å². The van der Waals surface area contributed by atoms with Gasteiger partial charge in [-0.2, -0.15) is 12.6 Å². The van der Waals surface area contributed by atoms with Crippen LogP contribution in [0.5, 0.6) is 0 Å². The Morgan fingerprint density at radius 1 is 0.690 bits per heavy atom. The second-order valence-corrected chi connectivity index (χ2v) is 14.5. The molecule has 326 valence electrons. The van der Waals surface area contributed by atoms with Crippen molar-refractivity contribution >= 4 is 60.0 Å². The highest BCUT2D eigenvalue weighted by Gasteiger charge is 2.33. The second-order valence-electron chi connectivity index (χ2n) is 14.1. The van der Waals surface area contributed by atoms with Gasteiger partial charge in [0.1, 0.15) is 30.2 Å². The molecule has 6 atom stereocenters. The van der Waals surface area contributed by atoms with Crippen LogP contribution in [0, 0.1) is 5.92 Å². The number of hydrogen-bond acceptors (Lipinski definition) is 12. The van der Waals surface area contributed by atoms with E-state index in [4.69, 9.17) is 28.7 Å². The fourth-order valence-corrected chi connectivity index (χ4v) is 5.73. The summed E-state index contributed by atoms with van der Waals surface area (Å²) in [6, 6.07) is 1.84. The number of unbranched alkanes of at least 4 members (excludes halogenated alkanes) is 2. The summed E-state index contributed by atoms with van der Waals surface area (Å²) in [7, 11) is 0. The number of nitrogens with zero attached hydrogens (tertiary/aromatic N) is 1. The molecule has 20 nitrogen and oxygen atoms in total. The van der Waals surface area contributed by atoms with E-state index in [2.05, 4.69) is 49.5 Å². The van der Waals surface area contributed by atoms with Gasteiger partial charge in [0.25, 0.3) is 0 Å². The number of carbonyl (C=O) groups excluding carboxylic acids is 6. The van der Waals surface area contributed by atoms with Gasteiger partial charge >= 0.3 is 5.97 Å². The van der Waals surface area contributed by atoms with Crippen molar-refractivity contribution in [3.8, 4) is 0 Å². The topological polar surface area (TPSA) is 354 Å². The van der Waals surface area contributed by atoms with Crippen LogP contribution in [0.25, 0.3) is 0 Å². The number of nitrogens with two attached hydrogens (primary N) is 5. The molecule has 0 heterocycles. The average Bonchev–Trinajstić information content (AvgIpc) is 3.18. The van der Waals surface area contributed by atoms with Gasteiger partial charge in [0.15, 0.2) is 5.96 Å². The number of aliphatic carboxylic acids is 1. The maximum absolute atomic E-state index is 14.0. The van der Waals surface area contributed by atoms with E-state index in [1.807, 2.05) is 0 Å². The Bertz CT molecular complexity index is 1500. The molecule has 1 aromatic rings. The van der Waals surface area contributed by atoms with Crippen LogP contribution >= 0.6 is 12.6 Å². The number of benzene rings is 1. The van der Waals surface area contributed by atoms with Crippen LogP contribution in [0.4, 0.5) is 0 Å². The summed E-state index contributed by atoms with van der Waals surface area (Å²) in [4.78, 5) is 95.8. The van der Waals surface area contributed by atoms with Crippen LogP contribution in [0.1, 0.15) is 70.8 Å². The molecule has 0 spiro atoms. The highest BCUT2D eigenvalue weighted by molar-refractivity contribution is 7.80. The molecule has 0 fully saturated rings. The minimum Gasteiger partial charge on any atom is -0.480 e. The molecular formula is C37H64N12O8S. The zero-order chi connectivity index (χ0) is 43.6. The molecule has 21 heteroatoms. The Morgan fingerprint density at radius 3 is 1.72 bits per heavy atom. The molecule has 1 rings (SSSR count). The molecule has 0 aliphatic rings. The first-order valence-corrected chi connectivity index (χ1v) is 20.0. The highest BCUT2D eigenvalue weighted by atomic mass is 32.1. The predicted octanol–water partition coefficient (Wildman–Crippen LogP) is -2.92. The van der Waals surface area contributed by atoms with E-state index in [-0.39, 0.29) is 50.4 Å². The number of rotatable bonds is 29. The molecule has 0 aromatic heterocycles. The number of nitrogens with one attached hydrogen (secondary N) is 6. The Balaban J connectivity index is 3.32. The van der Waals surface area contributed by atoms with Crippen LogP contribution < -0.4 is 60.6 Å². The smallest absolute Gasteiger partial charge is 0.326 e. The highest BCUT2D eigenvalue weighted by Crippen LogP contribution is 2.11. The van der Waals surface area contributed by atoms with Crippen molar-refractivity contribution in [2.75, 3.05) is 31.9 Å². The van der Waals surface area contributed by atoms with E-state index in [1.54, 1.807) is 44.2 Å². The fraction of sp³-hybridized carbons (Fsp3) is 0.622. The van der Waals surface area contributed by atoms with Crippen LogP contribution in [0.3, 0.4) is 0 Å². The normalized spacial score (nSPS) is 14.1. The summed E-state index contributed by atoms with van der Waals surface area (Å²) >= 11 is 3.97. The monoisotopic (exact) mass is 836 g/mol. The molecule has 0 saturated heterocycles. The lowest BCUT2D eigenvalue weighted by Crippen LogP contribution is -2.60. The number of carboxylic acids is 1. The molecule has 0 aliphatic heterocycles. The SMILES string of the molecule is CC(C)[C@H](NC(=O)[C@H](Cc1ccccc1)NC(=O)[C@H](CCCCN)NC(=O)[C@H](CCCCN)NC(=O)CNC(=O)[C@@H](N)CS)C(=O)N[C@@H](CCCN=C(N)N)C(=O)O. The van der Waals surface area contributed by atoms with Gasteiger partial charge in [-0.1, -0.05) is 44.2 Å². The zero-order valence-corrected chi connectivity index (χ0v) is 34.3. The summed E-state index contributed by atoms with van der Waals surface area (Å²) in [6.07, 6.45) is 2.54. The first kappa shape index (κ1) is 51.0. The Hall–Kier alpha value is -4.99. The molecule has 0 radical (unpaired) electrons. The van der Waals surface area contributed by atoms with E-state index in [0.717, 1.165) is 0 Å². The molecular weight excluding hydrogens is 773 g/mol. The Labute approximate surface area is 345 Å². The van der Waals surface area contributed by atoms with Crippen molar-refractivity contribution in [1.82, 2.24) is 31.9 Å². The largest absolute Gasteiger partial charge is 0.480 e. The van der Waals surface area contributed by atoms with Gasteiger partial charge in [-0.25, -0.2) is 4.79 Å². The summed E-state index contributed by atoms with van der Waals surface area (Å²) in [5.41, 5.74) is 28.4. The van der Waals surface area contributed by atoms with E-state index in [0.29, 0.717) is 44.3 Å². The molecule has 0 bridgehead atoms. The summed E-state index contributed by atoms with van der Waals surface area (Å²) in [5.74, 6) is -6.01. The van der Waals surface area contributed by atoms with Gasteiger partial charge in [0.2, 0.25) is 35.4 Å². The number of aliphatic imine (C=N–C) groups is 1. The molecule has 1 aromatic carbocycles. The third kappa shape index (κ3) is 20.4. The van der Waals surface area contributed by atoms with Crippen LogP contribution in [-0.4, -0.2) is 121 Å². The number of thiol groups is 1. The van der Waals surface area contributed by atoms with E-state index in [1.165, 1.54) is 0 Å². The molecule has 6 amide bonds. The maximum Gasteiger partial charge on any atom is 0.326 e.